The zero-order valence-electron chi connectivity index (χ0n) is 11.5. The van der Waals surface area contributed by atoms with Crippen LogP contribution in [0.4, 0.5) is 5.00 Å². The van der Waals surface area contributed by atoms with Crippen LogP contribution in [0.1, 0.15) is 41.9 Å². The number of nitrogens with one attached hydrogen (secondary N) is 1. The monoisotopic (exact) mass is 266 g/mol. The Hall–Kier alpha value is -1.03. The SMILES string of the molecule is CC(C)CCNC(=O)c1cc2c(s1)N(C)CCC2. The standard InChI is InChI=1S/C14H22N2OS/c1-10(2)6-7-15-13(17)12-9-11-5-4-8-16(3)14(11)18-12/h9-10H,4-8H2,1-3H3,(H,15,17). The first-order chi connectivity index (χ1) is 8.58. The van der Waals surface area contributed by atoms with Crippen LogP contribution in [0.25, 0.3) is 0 Å². The van der Waals surface area contributed by atoms with Crippen LogP contribution in [0.3, 0.4) is 0 Å². The molecule has 2 heterocycles. The van der Waals surface area contributed by atoms with Crippen LogP contribution >= 0.6 is 11.3 Å². The zero-order chi connectivity index (χ0) is 13.1. The fourth-order valence-electron chi connectivity index (χ4n) is 2.20. The number of thiophene rings is 1. The Labute approximate surface area is 113 Å². The number of nitrogens with zero attached hydrogens (tertiary/aromatic N) is 1. The molecule has 2 rings (SSSR count). The Bertz CT molecular complexity index is 425. The van der Waals surface area contributed by atoms with E-state index < -0.39 is 0 Å². The molecule has 4 heteroatoms. The molecular formula is C14H22N2OS. The van der Waals surface area contributed by atoms with Crippen molar-refractivity contribution >= 4 is 22.2 Å². The molecule has 0 atom stereocenters. The first kappa shape index (κ1) is 13.4. The van der Waals surface area contributed by atoms with Gasteiger partial charge in [-0.25, -0.2) is 0 Å². The number of amides is 1. The molecule has 1 aromatic heterocycles. The second-order valence-electron chi connectivity index (χ2n) is 5.40. The maximum Gasteiger partial charge on any atom is 0.261 e. The number of rotatable bonds is 4. The average Bonchev–Trinajstić information content (AvgIpc) is 2.74. The van der Waals surface area contributed by atoms with Crippen LogP contribution in [-0.2, 0) is 6.42 Å². The molecule has 0 spiro atoms. The third-order valence-electron chi connectivity index (χ3n) is 3.30. The summed E-state index contributed by atoms with van der Waals surface area (Å²) >= 11 is 1.62. The van der Waals surface area contributed by atoms with Crippen molar-refractivity contribution in [2.45, 2.75) is 33.1 Å². The number of anilines is 1. The van der Waals surface area contributed by atoms with Crippen molar-refractivity contribution in [1.82, 2.24) is 5.32 Å². The highest BCUT2D eigenvalue weighted by molar-refractivity contribution is 7.18. The van der Waals surface area contributed by atoms with Crippen molar-refractivity contribution < 1.29 is 4.79 Å². The second-order valence-corrected chi connectivity index (χ2v) is 6.44. The van der Waals surface area contributed by atoms with E-state index in [-0.39, 0.29) is 5.91 Å². The third kappa shape index (κ3) is 3.05. The summed E-state index contributed by atoms with van der Waals surface area (Å²) in [5.41, 5.74) is 1.34. The van der Waals surface area contributed by atoms with Gasteiger partial charge in [-0.3, -0.25) is 4.79 Å². The van der Waals surface area contributed by atoms with Gasteiger partial charge >= 0.3 is 0 Å². The molecule has 100 valence electrons. The van der Waals surface area contributed by atoms with E-state index in [1.54, 1.807) is 11.3 Å². The lowest BCUT2D eigenvalue weighted by atomic mass is 10.1. The first-order valence-corrected chi connectivity index (χ1v) is 7.51. The number of carbonyl (C=O) groups is 1. The van der Waals surface area contributed by atoms with E-state index in [9.17, 15) is 4.79 Å². The van der Waals surface area contributed by atoms with Gasteiger partial charge in [-0.15, -0.1) is 11.3 Å². The third-order valence-corrected chi connectivity index (χ3v) is 4.59. The fourth-order valence-corrected chi connectivity index (χ4v) is 3.32. The minimum absolute atomic E-state index is 0.0865. The molecule has 18 heavy (non-hydrogen) atoms. The molecule has 0 aromatic carbocycles. The fraction of sp³-hybridized carbons (Fsp3) is 0.643. The molecule has 1 N–H and O–H groups in total. The number of hydrogen-bond acceptors (Lipinski definition) is 3. The molecule has 1 amide bonds. The number of carbonyl (C=O) groups excluding carboxylic acids is 1. The minimum Gasteiger partial charge on any atom is -0.366 e. The topological polar surface area (TPSA) is 32.3 Å². The number of fused-ring (bicyclic) bond motifs is 1. The van der Waals surface area contributed by atoms with Crippen LogP contribution in [0, 0.1) is 5.92 Å². The Kier molecular flexibility index (Phi) is 4.27. The first-order valence-electron chi connectivity index (χ1n) is 6.70. The van der Waals surface area contributed by atoms with Gasteiger partial charge in [0, 0.05) is 20.1 Å². The lowest BCUT2D eigenvalue weighted by Crippen LogP contribution is -2.24. The summed E-state index contributed by atoms with van der Waals surface area (Å²) in [5, 5.41) is 4.28. The summed E-state index contributed by atoms with van der Waals surface area (Å²) < 4.78 is 0. The second kappa shape index (κ2) is 5.74. The molecule has 0 unspecified atom stereocenters. The van der Waals surface area contributed by atoms with E-state index in [4.69, 9.17) is 0 Å². The summed E-state index contributed by atoms with van der Waals surface area (Å²) in [6.07, 6.45) is 3.33. The van der Waals surface area contributed by atoms with Gasteiger partial charge in [0.2, 0.25) is 0 Å². The van der Waals surface area contributed by atoms with Crippen molar-refractivity contribution in [1.29, 1.82) is 0 Å². The van der Waals surface area contributed by atoms with Crippen molar-refractivity contribution in [2.75, 3.05) is 25.0 Å². The van der Waals surface area contributed by atoms with Gasteiger partial charge in [0.1, 0.15) is 0 Å². The predicted molar refractivity (Wildman–Crippen MR) is 77.7 cm³/mol. The van der Waals surface area contributed by atoms with E-state index in [0.29, 0.717) is 5.92 Å². The highest BCUT2D eigenvalue weighted by atomic mass is 32.1. The minimum atomic E-state index is 0.0865. The van der Waals surface area contributed by atoms with E-state index >= 15 is 0 Å². The van der Waals surface area contributed by atoms with E-state index in [0.717, 1.165) is 30.8 Å². The van der Waals surface area contributed by atoms with Gasteiger partial charge < -0.3 is 10.2 Å². The molecule has 0 radical (unpaired) electrons. The van der Waals surface area contributed by atoms with E-state index in [1.165, 1.54) is 17.0 Å². The van der Waals surface area contributed by atoms with Crippen LogP contribution in [0.5, 0.6) is 0 Å². The largest absolute Gasteiger partial charge is 0.366 e. The lowest BCUT2D eigenvalue weighted by molar-refractivity contribution is 0.0956. The Morgan fingerprint density at radius 3 is 3.00 bits per heavy atom. The highest BCUT2D eigenvalue weighted by Crippen LogP contribution is 2.34. The van der Waals surface area contributed by atoms with Gasteiger partial charge in [0.25, 0.3) is 5.91 Å². The van der Waals surface area contributed by atoms with E-state index in [2.05, 4.69) is 37.2 Å². The molecule has 0 bridgehead atoms. The maximum atomic E-state index is 12.0. The van der Waals surface area contributed by atoms with Crippen LogP contribution in [0.15, 0.2) is 6.07 Å². The summed E-state index contributed by atoms with van der Waals surface area (Å²) in [5.74, 6) is 0.719. The Morgan fingerprint density at radius 1 is 1.56 bits per heavy atom. The molecule has 1 aromatic rings. The van der Waals surface area contributed by atoms with Crippen molar-refractivity contribution in [3.05, 3.63) is 16.5 Å². The Balaban J connectivity index is 1.99. The summed E-state index contributed by atoms with van der Waals surface area (Å²) in [4.78, 5) is 15.1. The molecule has 0 fully saturated rings. The summed E-state index contributed by atoms with van der Waals surface area (Å²) in [7, 11) is 2.11. The maximum absolute atomic E-state index is 12.0. The molecule has 0 aliphatic carbocycles. The summed E-state index contributed by atoms with van der Waals surface area (Å²) in [6.45, 7) is 6.22. The van der Waals surface area contributed by atoms with Crippen LogP contribution in [0.2, 0.25) is 0 Å². The molecule has 1 aliphatic heterocycles. The molecule has 1 aliphatic rings. The van der Waals surface area contributed by atoms with Crippen LogP contribution < -0.4 is 10.2 Å². The normalized spacial score (nSPS) is 14.8. The quantitative estimate of drug-likeness (QED) is 0.909. The van der Waals surface area contributed by atoms with Gasteiger partial charge in [0.05, 0.1) is 9.88 Å². The average molecular weight is 266 g/mol. The van der Waals surface area contributed by atoms with Crippen LogP contribution in [-0.4, -0.2) is 26.0 Å². The van der Waals surface area contributed by atoms with Gasteiger partial charge in [0.15, 0.2) is 0 Å². The Morgan fingerprint density at radius 2 is 2.33 bits per heavy atom. The highest BCUT2D eigenvalue weighted by Gasteiger charge is 2.20. The zero-order valence-corrected chi connectivity index (χ0v) is 12.3. The molecule has 0 saturated heterocycles. The van der Waals surface area contributed by atoms with Crippen molar-refractivity contribution in [3.63, 3.8) is 0 Å². The van der Waals surface area contributed by atoms with Gasteiger partial charge in [-0.1, -0.05) is 13.8 Å². The summed E-state index contributed by atoms with van der Waals surface area (Å²) in [6, 6.07) is 2.07. The van der Waals surface area contributed by atoms with Gasteiger partial charge in [-0.2, -0.15) is 0 Å². The predicted octanol–water partition coefficient (Wildman–Crippen LogP) is 2.91. The number of hydrogen-bond donors (Lipinski definition) is 1. The molecule has 3 nitrogen and oxygen atoms in total. The van der Waals surface area contributed by atoms with Crippen molar-refractivity contribution in [3.8, 4) is 0 Å². The van der Waals surface area contributed by atoms with E-state index in [1.807, 2.05) is 0 Å². The van der Waals surface area contributed by atoms with Crippen molar-refractivity contribution in [2.24, 2.45) is 5.92 Å². The lowest BCUT2D eigenvalue weighted by Gasteiger charge is -2.23. The molecule has 0 saturated carbocycles. The number of aryl methyl sites for hydroxylation is 1. The van der Waals surface area contributed by atoms with Gasteiger partial charge in [-0.05, 0) is 36.8 Å². The smallest absolute Gasteiger partial charge is 0.261 e. The molecular weight excluding hydrogens is 244 g/mol.